The van der Waals surface area contributed by atoms with Crippen molar-refractivity contribution in [1.82, 2.24) is 5.32 Å². The maximum absolute atomic E-state index is 12.4. The third-order valence-electron chi connectivity index (χ3n) is 4.36. The molecule has 3 N–H and O–H groups in total. The average Bonchev–Trinajstić information content (AvgIpc) is 2.58. The van der Waals surface area contributed by atoms with Crippen molar-refractivity contribution in [2.75, 3.05) is 0 Å². The number of aryl methyl sites for hydroxylation is 1. The normalized spacial score (nSPS) is 12.1. The Morgan fingerprint density at radius 3 is 2.58 bits per heavy atom. The van der Waals surface area contributed by atoms with E-state index in [1.165, 1.54) is 6.07 Å². The zero-order valence-electron chi connectivity index (χ0n) is 14.4. The summed E-state index contributed by atoms with van der Waals surface area (Å²) >= 11 is 0. The molecule has 0 fully saturated rings. The van der Waals surface area contributed by atoms with Crippen molar-refractivity contribution in [3.8, 4) is 11.5 Å². The molecule has 0 spiro atoms. The Labute approximate surface area is 149 Å². The van der Waals surface area contributed by atoms with Gasteiger partial charge < -0.3 is 19.9 Å². The number of aromatic hydroxyl groups is 2. The van der Waals surface area contributed by atoms with Crippen LogP contribution in [0.5, 0.6) is 11.5 Å². The lowest BCUT2D eigenvalue weighted by Crippen LogP contribution is -2.30. The zero-order valence-corrected chi connectivity index (χ0v) is 14.4. The van der Waals surface area contributed by atoms with Crippen LogP contribution in [0.1, 0.15) is 29.7 Å². The van der Waals surface area contributed by atoms with Gasteiger partial charge in [-0.15, -0.1) is 0 Å². The van der Waals surface area contributed by atoms with Gasteiger partial charge in [0.15, 0.2) is 0 Å². The second kappa shape index (κ2) is 6.92. The Morgan fingerprint density at radius 2 is 1.88 bits per heavy atom. The number of hydrogen-bond acceptors (Lipinski definition) is 5. The number of rotatable bonds is 4. The fourth-order valence-electron chi connectivity index (χ4n) is 2.99. The Hall–Kier alpha value is -3.28. The van der Waals surface area contributed by atoms with Crippen LogP contribution in [0.2, 0.25) is 0 Å². The van der Waals surface area contributed by atoms with Gasteiger partial charge >= 0.3 is 5.63 Å². The fraction of sp³-hybridized carbons (Fsp3) is 0.200. The summed E-state index contributed by atoms with van der Waals surface area (Å²) in [5, 5.41) is 22.7. The van der Waals surface area contributed by atoms with Crippen molar-refractivity contribution < 1.29 is 19.4 Å². The van der Waals surface area contributed by atoms with E-state index in [0.29, 0.717) is 10.9 Å². The van der Waals surface area contributed by atoms with Gasteiger partial charge in [0.05, 0.1) is 23.4 Å². The Kier molecular flexibility index (Phi) is 4.67. The molecule has 0 aliphatic carbocycles. The van der Waals surface area contributed by atoms with Crippen molar-refractivity contribution in [1.29, 1.82) is 0 Å². The lowest BCUT2D eigenvalue weighted by molar-refractivity contribution is -0.121. The van der Waals surface area contributed by atoms with Crippen molar-refractivity contribution in [2.45, 2.75) is 26.3 Å². The van der Waals surface area contributed by atoms with E-state index in [9.17, 15) is 19.8 Å². The molecule has 3 aromatic rings. The van der Waals surface area contributed by atoms with E-state index >= 15 is 0 Å². The topological polar surface area (TPSA) is 99.8 Å². The van der Waals surface area contributed by atoms with Crippen LogP contribution in [-0.2, 0) is 11.2 Å². The predicted molar refractivity (Wildman–Crippen MR) is 97.3 cm³/mol. The minimum absolute atomic E-state index is 0.0758. The number of carbonyl (C=O) groups excluding carboxylic acids is 1. The van der Waals surface area contributed by atoms with Crippen LogP contribution in [0.15, 0.2) is 51.7 Å². The first kappa shape index (κ1) is 17.5. The summed E-state index contributed by atoms with van der Waals surface area (Å²) in [6, 6.07) is 11.7. The largest absolute Gasteiger partial charge is 0.508 e. The molecule has 1 heterocycles. The first-order chi connectivity index (χ1) is 12.4. The summed E-state index contributed by atoms with van der Waals surface area (Å²) < 4.78 is 5.17. The smallest absolute Gasteiger partial charge is 0.340 e. The monoisotopic (exact) mass is 353 g/mol. The molecular formula is C20H19NO5. The Bertz CT molecular complexity index is 1020. The third kappa shape index (κ3) is 3.39. The van der Waals surface area contributed by atoms with Gasteiger partial charge in [0.2, 0.25) is 5.91 Å². The van der Waals surface area contributed by atoms with Crippen molar-refractivity contribution in [3.05, 3.63) is 69.6 Å². The number of hydrogen-bond donors (Lipinski definition) is 3. The highest BCUT2D eigenvalue weighted by Crippen LogP contribution is 2.32. The lowest BCUT2D eigenvalue weighted by Gasteiger charge is -2.15. The molecule has 2 aromatic carbocycles. The van der Waals surface area contributed by atoms with Gasteiger partial charge in [-0.1, -0.05) is 30.3 Å². The minimum atomic E-state index is -0.664. The Balaban J connectivity index is 1.89. The number of benzene rings is 2. The predicted octanol–water partition coefficient (Wildman–Crippen LogP) is 2.93. The maximum atomic E-state index is 12.4. The number of phenols is 2. The first-order valence-electron chi connectivity index (χ1n) is 8.19. The van der Waals surface area contributed by atoms with E-state index in [-0.39, 0.29) is 41.0 Å². The van der Waals surface area contributed by atoms with E-state index in [4.69, 9.17) is 4.42 Å². The van der Waals surface area contributed by atoms with E-state index in [1.54, 1.807) is 6.92 Å². The van der Waals surface area contributed by atoms with Crippen LogP contribution >= 0.6 is 0 Å². The quantitative estimate of drug-likeness (QED) is 0.626. The molecule has 0 saturated heterocycles. The zero-order chi connectivity index (χ0) is 18.8. The van der Waals surface area contributed by atoms with Crippen LogP contribution in [0.25, 0.3) is 11.0 Å². The standard InChI is InChI=1S/C20H19NO5/c1-11-15(10-18(24)21-12(2)13-6-4-3-5-7-13)20(25)26-17-9-14(22)8-16(23)19(11)17/h3-9,12,22-23H,10H2,1-2H3,(H,21,24)/t12-/m0/s1. The Morgan fingerprint density at radius 1 is 1.19 bits per heavy atom. The van der Waals surface area contributed by atoms with Gasteiger partial charge in [-0.3, -0.25) is 4.79 Å². The van der Waals surface area contributed by atoms with Crippen LogP contribution in [0.3, 0.4) is 0 Å². The lowest BCUT2D eigenvalue weighted by atomic mass is 10.0. The molecule has 1 amide bonds. The molecule has 26 heavy (non-hydrogen) atoms. The van der Waals surface area contributed by atoms with Gasteiger partial charge in [0.1, 0.15) is 17.1 Å². The van der Waals surface area contributed by atoms with E-state index < -0.39 is 5.63 Å². The number of phenolic OH excluding ortho intramolecular Hbond substituents is 2. The summed E-state index contributed by atoms with van der Waals surface area (Å²) in [6.45, 7) is 3.50. The van der Waals surface area contributed by atoms with Gasteiger partial charge in [-0.25, -0.2) is 4.79 Å². The van der Waals surface area contributed by atoms with Gasteiger partial charge in [0.25, 0.3) is 0 Å². The van der Waals surface area contributed by atoms with E-state index in [1.807, 2.05) is 37.3 Å². The molecule has 0 aliphatic heterocycles. The summed E-state index contributed by atoms with van der Waals surface area (Å²) in [7, 11) is 0. The minimum Gasteiger partial charge on any atom is -0.508 e. The number of carbonyl (C=O) groups is 1. The third-order valence-corrected chi connectivity index (χ3v) is 4.36. The number of fused-ring (bicyclic) bond motifs is 1. The molecule has 0 radical (unpaired) electrons. The van der Waals surface area contributed by atoms with Gasteiger partial charge in [0, 0.05) is 12.1 Å². The molecule has 0 unspecified atom stereocenters. The fourth-order valence-corrected chi connectivity index (χ4v) is 2.99. The molecule has 0 aliphatic rings. The molecule has 0 saturated carbocycles. The molecule has 134 valence electrons. The van der Waals surface area contributed by atoms with Crippen molar-refractivity contribution in [2.24, 2.45) is 0 Å². The van der Waals surface area contributed by atoms with Crippen LogP contribution in [0, 0.1) is 6.92 Å². The molecular weight excluding hydrogens is 334 g/mol. The summed E-state index contributed by atoms with van der Waals surface area (Å²) in [6.07, 6.45) is -0.165. The summed E-state index contributed by atoms with van der Waals surface area (Å²) in [5.41, 5.74) is 0.998. The SMILES string of the molecule is Cc1c(CC(=O)N[C@@H](C)c2ccccc2)c(=O)oc2cc(O)cc(O)c12. The molecule has 0 bridgehead atoms. The molecule has 6 heteroatoms. The number of amides is 1. The van der Waals surface area contributed by atoms with Crippen LogP contribution in [-0.4, -0.2) is 16.1 Å². The molecule has 6 nitrogen and oxygen atoms in total. The average molecular weight is 353 g/mol. The highest BCUT2D eigenvalue weighted by molar-refractivity contribution is 5.90. The van der Waals surface area contributed by atoms with Crippen LogP contribution < -0.4 is 10.9 Å². The molecule has 3 rings (SSSR count). The maximum Gasteiger partial charge on any atom is 0.340 e. The van der Waals surface area contributed by atoms with E-state index in [2.05, 4.69) is 5.32 Å². The van der Waals surface area contributed by atoms with Gasteiger partial charge in [-0.2, -0.15) is 0 Å². The highest BCUT2D eigenvalue weighted by Gasteiger charge is 2.19. The first-order valence-corrected chi connectivity index (χ1v) is 8.19. The highest BCUT2D eigenvalue weighted by atomic mass is 16.4. The number of nitrogens with one attached hydrogen (secondary N) is 1. The summed E-state index contributed by atoms with van der Waals surface area (Å²) in [4.78, 5) is 24.6. The summed E-state index contributed by atoms with van der Waals surface area (Å²) in [5.74, 6) is -0.741. The van der Waals surface area contributed by atoms with Crippen molar-refractivity contribution >= 4 is 16.9 Å². The molecule has 1 atom stereocenters. The molecule has 1 aromatic heterocycles. The van der Waals surface area contributed by atoms with Crippen molar-refractivity contribution in [3.63, 3.8) is 0 Å². The van der Waals surface area contributed by atoms with E-state index in [0.717, 1.165) is 11.6 Å². The second-order valence-electron chi connectivity index (χ2n) is 6.21. The van der Waals surface area contributed by atoms with Gasteiger partial charge in [-0.05, 0) is 25.0 Å². The second-order valence-corrected chi connectivity index (χ2v) is 6.21. The van der Waals surface area contributed by atoms with Crippen LogP contribution in [0.4, 0.5) is 0 Å².